The van der Waals surface area contributed by atoms with Gasteiger partial charge in [0.15, 0.2) is 6.61 Å². The second kappa shape index (κ2) is 10.1. The van der Waals surface area contributed by atoms with Gasteiger partial charge in [-0.1, -0.05) is 41.9 Å². The number of nitrogens with zero attached hydrogens (tertiary/aromatic N) is 1. The summed E-state index contributed by atoms with van der Waals surface area (Å²) in [5, 5.41) is 7.28. The highest BCUT2D eigenvalue weighted by atomic mass is 35.5. The van der Waals surface area contributed by atoms with E-state index in [9.17, 15) is 13.2 Å². The summed E-state index contributed by atoms with van der Waals surface area (Å²) in [7, 11) is -3.73. The molecule has 3 aromatic rings. The number of nitrogens with one attached hydrogen (secondary N) is 2. The highest BCUT2D eigenvalue weighted by Gasteiger charge is 2.12. The molecule has 0 radical (unpaired) electrons. The van der Waals surface area contributed by atoms with Gasteiger partial charge < -0.3 is 10.1 Å². The third-order valence-corrected chi connectivity index (χ3v) is 5.63. The van der Waals surface area contributed by atoms with E-state index in [-0.39, 0.29) is 17.4 Å². The first kappa shape index (κ1) is 22.3. The van der Waals surface area contributed by atoms with Crippen LogP contribution in [0.1, 0.15) is 12.5 Å². The van der Waals surface area contributed by atoms with E-state index in [0.29, 0.717) is 27.7 Å². The molecule has 1 amide bonds. The lowest BCUT2D eigenvalue weighted by Gasteiger charge is -2.09. The lowest BCUT2D eigenvalue weighted by Crippen LogP contribution is -2.20. The van der Waals surface area contributed by atoms with Crippen molar-refractivity contribution in [2.45, 2.75) is 11.8 Å². The number of benzene rings is 3. The third kappa shape index (κ3) is 6.56. The number of halogens is 1. The number of rotatable bonds is 8. The van der Waals surface area contributed by atoms with Crippen LogP contribution in [-0.4, -0.2) is 26.6 Å². The molecule has 0 heterocycles. The Morgan fingerprint density at radius 2 is 1.61 bits per heavy atom. The van der Waals surface area contributed by atoms with Crippen molar-refractivity contribution >= 4 is 38.9 Å². The van der Waals surface area contributed by atoms with Crippen LogP contribution in [0.2, 0.25) is 5.02 Å². The van der Waals surface area contributed by atoms with Crippen molar-refractivity contribution in [2.24, 2.45) is 5.10 Å². The molecule has 0 bridgehead atoms. The molecule has 2 N–H and O–H groups in total. The minimum absolute atomic E-state index is 0.130. The molecule has 3 aromatic carbocycles. The third-order valence-electron chi connectivity index (χ3n) is 4.16. The SMILES string of the molecule is C/C(=N\NS(=O)(=O)c1ccccc1)c1ccc(NC(=O)COc2ccc(Cl)cc2)cc1. The molecule has 7 nitrogen and oxygen atoms in total. The van der Waals surface area contributed by atoms with E-state index in [1.165, 1.54) is 12.1 Å². The number of hydrazone groups is 1. The van der Waals surface area contributed by atoms with Gasteiger partial charge in [-0.15, -0.1) is 0 Å². The van der Waals surface area contributed by atoms with E-state index < -0.39 is 10.0 Å². The molecule has 0 aromatic heterocycles. The largest absolute Gasteiger partial charge is 0.484 e. The van der Waals surface area contributed by atoms with E-state index in [2.05, 4.69) is 15.2 Å². The maximum absolute atomic E-state index is 12.2. The summed E-state index contributed by atoms with van der Waals surface area (Å²) in [5.41, 5.74) is 1.75. The van der Waals surface area contributed by atoms with Crippen molar-refractivity contribution in [3.8, 4) is 5.75 Å². The predicted molar refractivity (Wildman–Crippen MR) is 121 cm³/mol. The van der Waals surface area contributed by atoms with E-state index in [1.54, 1.807) is 73.7 Å². The zero-order chi connectivity index (χ0) is 22.3. The van der Waals surface area contributed by atoms with Crippen LogP contribution in [0.5, 0.6) is 5.75 Å². The highest BCUT2D eigenvalue weighted by Crippen LogP contribution is 2.16. The molecule has 3 rings (SSSR count). The summed E-state index contributed by atoms with van der Waals surface area (Å²) < 4.78 is 29.9. The van der Waals surface area contributed by atoms with Crippen molar-refractivity contribution < 1.29 is 17.9 Å². The molecule has 0 aliphatic carbocycles. The second-order valence-electron chi connectivity index (χ2n) is 6.47. The molecule has 160 valence electrons. The van der Waals surface area contributed by atoms with Crippen LogP contribution in [0.25, 0.3) is 0 Å². The van der Waals surface area contributed by atoms with Crippen LogP contribution < -0.4 is 14.9 Å². The van der Waals surface area contributed by atoms with Crippen LogP contribution in [-0.2, 0) is 14.8 Å². The number of carbonyl (C=O) groups is 1. The van der Waals surface area contributed by atoms with Gasteiger partial charge in [0.1, 0.15) is 5.75 Å². The maximum Gasteiger partial charge on any atom is 0.276 e. The number of sulfonamides is 1. The Hall–Kier alpha value is -3.36. The Morgan fingerprint density at radius 3 is 2.26 bits per heavy atom. The molecule has 0 saturated carbocycles. The number of hydrogen-bond acceptors (Lipinski definition) is 5. The molecular weight excluding hydrogens is 438 g/mol. The second-order valence-corrected chi connectivity index (χ2v) is 8.57. The van der Waals surface area contributed by atoms with Crippen molar-refractivity contribution in [2.75, 3.05) is 11.9 Å². The van der Waals surface area contributed by atoms with E-state index in [1.807, 2.05) is 0 Å². The molecule has 0 fully saturated rings. The lowest BCUT2D eigenvalue weighted by molar-refractivity contribution is -0.118. The van der Waals surface area contributed by atoms with Gasteiger partial charge in [0, 0.05) is 10.7 Å². The summed E-state index contributed by atoms with van der Waals surface area (Å²) in [4.78, 5) is 14.4. The summed E-state index contributed by atoms with van der Waals surface area (Å²) in [6.07, 6.45) is 0. The normalized spacial score (nSPS) is 11.6. The van der Waals surface area contributed by atoms with Crippen LogP contribution in [0.15, 0.2) is 88.9 Å². The standard InChI is InChI=1S/C22H20ClN3O4S/c1-16(25-26-31(28,29)21-5-3-2-4-6-21)17-7-11-19(12-8-17)24-22(27)15-30-20-13-9-18(23)10-14-20/h2-14,26H,15H2,1H3,(H,24,27)/b25-16+. The monoisotopic (exact) mass is 457 g/mol. The van der Waals surface area contributed by atoms with Gasteiger partial charge >= 0.3 is 0 Å². The first-order valence-electron chi connectivity index (χ1n) is 9.23. The van der Waals surface area contributed by atoms with Crippen molar-refractivity contribution in [1.29, 1.82) is 0 Å². The summed E-state index contributed by atoms with van der Waals surface area (Å²) in [5.74, 6) is 0.225. The van der Waals surface area contributed by atoms with Gasteiger partial charge in [0.05, 0.1) is 10.6 Å². The number of ether oxygens (including phenoxy) is 1. The van der Waals surface area contributed by atoms with Crippen molar-refractivity contribution in [1.82, 2.24) is 4.83 Å². The Labute approximate surface area is 185 Å². The van der Waals surface area contributed by atoms with Gasteiger partial charge in [-0.25, -0.2) is 0 Å². The molecule has 0 unspecified atom stereocenters. The molecule has 0 atom stereocenters. The zero-order valence-electron chi connectivity index (χ0n) is 16.6. The predicted octanol–water partition coefficient (Wildman–Crippen LogP) is 4.06. The molecule has 0 aliphatic rings. The fourth-order valence-electron chi connectivity index (χ4n) is 2.52. The summed E-state index contributed by atoms with van der Waals surface area (Å²) in [6, 6.07) is 21.5. The van der Waals surface area contributed by atoms with E-state index >= 15 is 0 Å². The number of amides is 1. The van der Waals surface area contributed by atoms with Gasteiger partial charge in [-0.05, 0) is 61.0 Å². The molecule has 0 spiro atoms. The molecule has 31 heavy (non-hydrogen) atoms. The summed E-state index contributed by atoms with van der Waals surface area (Å²) in [6.45, 7) is 1.53. The average molecular weight is 458 g/mol. The fraction of sp³-hybridized carbons (Fsp3) is 0.0909. The van der Waals surface area contributed by atoms with Gasteiger partial charge in [0.25, 0.3) is 15.9 Å². The molecule has 9 heteroatoms. The fourth-order valence-corrected chi connectivity index (χ4v) is 3.52. The van der Waals surface area contributed by atoms with E-state index in [4.69, 9.17) is 16.3 Å². The van der Waals surface area contributed by atoms with Gasteiger partial charge in [-0.3, -0.25) is 4.79 Å². The molecule has 0 saturated heterocycles. The topological polar surface area (TPSA) is 96.9 Å². The maximum atomic E-state index is 12.2. The minimum Gasteiger partial charge on any atom is -0.484 e. The van der Waals surface area contributed by atoms with Crippen LogP contribution in [0.4, 0.5) is 5.69 Å². The van der Waals surface area contributed by atoms with Crippen molar-refractivity contribution in [3.05, 3.63) is 89.4 Å². The molecule has 0 aliphatic heterocycles. The van der Waals surface area contributed by atoms with Crippen LogP contribution in [0.3, 0.4) is 0 Å². The van der Waals surface area contributed by atoms with Crippen LogP contribution in [0, 0.1) is 0 Å². The van der Waals surface area contributed by atoms with Gasteiger partial charge in [0.2, 0.25) is 0 Å². The number of anilines is 1. The number of hydrogen-bond donors (Lipinski definition) is 2. The summed E-state index contributed by atoms with van der Waals surface area (Å²) >= 11 is 5.81. The first-order valence-corrected chi connectivity index (χ1v) is 11.1. The smallest absolute Gasteiger partial charge is 0.276 e. The Morgan fingerprint density at radius 1 is 0.968 bits per heavy atom. The Balaban J connectivity index is 1.55. The minimum atomic E-state index is -3.73. The van der Waals surface area contributed by atoms with E-state index in [0.717, 1.165) is 0 Å². The quantitative estimate of drug-likeness (QED) is 0.393. The zero-order valence-corrected chi connectivity index (χ0v) is 18.2. The highest BCUT2D eigenvalue weighted by molar-refractivity contribution is 7.89. The van der Waals surface area contributed by atoms with Gasteiger partial charge in [-0.2, -0.15) is 18.4 Å². The van der Waals surface area contributed by atoms with Crippen LogP contribution >= 0.6 is 11.6 Å². The number of carbonyl (C=O) groups excluding carboxylic acids is 1. The Bertz CT molecular complexity index is 1160. The average Bonchev–Trinajstić information content (AvgIpc) is 2.78. The molecular formula is C22H20ClN3O4S. The van der Waals surface area contributed by atoms with Crippen molar-refractivity contribution in [3.63, 3.8) is 0 Å². The first-order chi connectivity index (χ1) is 14.8. The Kier molecular flexibility index (Phi) is 7.28. The lowest BCUT2D eigenvalue weighted by atomic mass is 10.1.